The molecule has 3 aromatic rings. The van der Waals surface area contributed by atoms with Crippen molar-refractivity contribution >= 4 is 17.9 Å². The van der Waals surface area contributed by atoms with Crippen LogP contribution in [0.2, 0.25) is 0 Å². The van der Waals surface area contributed by atoms with Crippen LogP contribution in [0, 0.1) is 0 Å². The largest absolute Gasteiger partial charge is 0.323 e. The van der Waals surface area contributed by atoms with E-state index in [2.05, 4.69) is 119 Å². The van der Waals surface area contributed by atoms with Crippen LogP contribution in [-0.4, -0.2) is 18.9 Å². The van der Waals surface area contributed by atoms with Gasteiger partial charge in [-0.1, -0.05) is 107 Å². The molecular formula is C32H36NO+. The molecule has 0 aliphatic carbocycles. The number of nitrogens with one attached hydrogen (secondary N) is 1. The van der Waals surface area contributed by atoms with Crippen molar-refractivity contribution in [3.63, 3.8) is 0 Å². The minimum Gasteiger partial charge on any atom is -0.323 e. The number of ketones is 1. The van der Waals surface area contributed by atoms with E-state index in [-0.39, 0.29) is 5.78 Å². The Bertz CT molecular complexity index is 1090. The highest BCUT2D eigenvalue weighted by Crippen LogP contribution is 2.20. The van der Waals surface area contributed by atoms with E-state index >= 15 is 0 Å². The van der Waals surface area contributed by atoms with Gasteiger partial charge in [-0.3, -0.25) is 4.79 Å². The number of carbonyl (C=O) groups excluding carboxylic acids is 1. The molecule has 1 aliphatic rings. The van der Waals surface area contributed by atoms with Crippen LogP contribution in [-0.2, 0) is 11.3 Å². The predicted octanol–water partition coefficient (Wildman–Crippen LogP) is 6.07. The van der Waals surface area contributed by atoms with Crippen molar-refractivity contribution in [2.45, 2.75) is 46.1 Å². The molecular weight excluding hydrogens is 414 g/mol. The summed E-state index contributed by atoms with van der Waals surface area (Å²) in [5.41, 5.74) is 7.90. The van der Waals surface area contributed by atoms with E-state index in [1.165, 1.54) is 21.6 Å². The predicted molar refractivity (Wildman–Crippen MR) is 143 cm³/mol. The van der Waals surface area contributed by atoms with Crippen molar-refractivity contribution in [3.05, 3.63) is 118 Å². The van der Waals surface area contributed by atoms with E-state index in [1.54, 1.807) is 0 Å². The summed E-state index contributed by atoms with van der Waals surface area (Å²) in [6, 6.07) is 27.8. The molecule has 1 aliphatic heterocycles. The van der Waals surface area contributed by atoms with Gasteiger partial charge in [0.1, 0.15) is 19.6 Å². The normalized spacial score (nSPS) is 18.9. The van der Waals surface area contributed by atoms with Gasteiger partial charge in [-0.2, -0.15) is 0 Å². The van der Waals surface area contributed by atoms with Gasteiger partial charge in [0.2, 0.25) is 0 Å². The summed E-state index contributed by atoms with van der Waals surface area (Å²) in [5, 5.41) is 0. The highest BCUT2D eigenvalue weighted by atomic mass is 16.1. The van der Waals surface area contributed by atoms with Crippen LogP contribution >= 0.6 is 0 Å². The summed E-state index contributed by atoms with van der Waals surface area (Å²) >= 11 is 0. The molecule has 0 atom stereocenters. The third-order valence-electron chi connectivity index (χ3n) is 6.65. The van der Waals surface area contributed by atoms with Gasteiger partial charge in [0.15, 0.2) is 5.78 Å². The van der Waals surface area contributed by atoms with Gasteiger partial charge in [0, 0.05) is 5.56 Å². The quantitative estimate of drug-likeness (QED) is 0.452. The molecule has 0 unspecified atom stereocenters. The van der Waals surface area contributed by atoms with E-state index in [1.807, 2.05) is 0 Å². The van der Waals surface area contributed by atoms with Crippen molar-refractivity contribution in [2.75, 3.05) is 13.1 Å². The number of likely N-dealkylation sites (tertiary alicyclic amines) is 1. The summed E-state index contributed by atoms with van der Waals surface area (Å²) in [7, 11) is 0. The Kier molecular flexibility index (Phi) is 7.59. The molecule has 2 heteroatoms. The standard InChI is InChI=1S/C32H35NO/c1-23(2)28-14-10-25(11-15-28)18-30-21-33(20-27-8-6-5-7-9-27)22-31(32(30)34)19-26-12-16-29(17-13-26)24(3)4/h5-19,23-24H,20-22H2,1-4H3/p+1/b30-18+,31-19+. The first-order chi connectivity index (χ1) is 16.4. The molecule has 4 rings (SSSR count). The van der Waals surface area contributed by atoms with Crippen molar-refractivity contribution < 1.29 is 9.69 Å². The lowest BCUT2D eigenvalue weighted by molar-refractivity contribution is -0.904. The van der Waals surface area contributed by atoms with Crippen LogP contribution in [0.15, 0.2) is 90.0 Å². The van der Waals surface area contributed by atoms with E-state index in [0.29, 0.717) is 11.8 Å². The first-order valence-electron chi connectivity index (χ1n) is 12.4. The smallest absolute Gasteiger partial charge is 0.196 e. The Morgan fingerprint density at radius 3 is 1.53 bits per heavy atom. The van der Waals surface area contributed by atoms with E-state index < -0.39 is 0 Å². The first kappa shape index (κ1) is 23.9. The Labute approximate surface area is 204 Å². The molecule has 0 spiro atoms. The second kappa shape index (κ2) is 10.8. The molecule has 0 saturated carbocycles. The van der Waals surface area contributed by atoms with Crippen molar-refractivity contribution in [1.82, 2.24) is 0 Å². The molecule has 1 saturated heterocycles. The SMILES string of the molecule is CC(C)c1ccc(/C=C2\C[NH+](Cc3ccccc3)C/C(=C\c3ccc(C(C)C)cc3)C2=O)cc1. The Morgan fingerprint density at radius 1 is 0.676 bits per heavy atom. The lowest BCUT2D eigenvalue weighted by atomic mass is 9.93. The summed E-state index contributed by atoms with van der Waals surface area (Å²) in [6.07, 6.45) is 4.18. The van der Waals surface area contributed by atoms with Crippen LogP contribution in [0.25, 0.3) is 12.2 Å². The van der Waals surface area contributed by atoms with E-state index in [4.69, 9.17) is 0 Å². The molecule has 0 aromatic heterocycles. The average Bonchev–Trinajstić information content (AvgIpc) is 2.83. The molecule has 1 fully saturated rings. The maximum absolute atomic E-state index is 13.5. The molecule has 1 heterocycles. The summed E-state index contributed by atoms with van der Waals surface area (Å²) in [5.74, 6) is 1.18. The molecule has 0 bridgehead atoms. The number of hydrogen-bond donors (Lipinski definition) is 1. The van der Waals surface area contributed by atoms with Gasteiger partial charge in [-0.05, 0) is 46.2 Å². The summed E-state index contributed by atoms with van der Waals surface area (Å²) < 4.78 is 0. The molecule has 0 radical (unpaired) electrons. The molecule has 174 valence electrons. The fraction of sp³-hybridized carbons (Fsp3) is 0.281. The van der Waals surface area contributed by atoms with Gasteiger partial charge in [0.25, 0.3) is 0 Å². The number of hydrogen-bond acceptors (Lipinski definition) is 1. The Hall–Kier alpha value is -3.23. The Morgan fingerprint density at radius 2 is 1.12 bits per heavy atom. The Balaban J connectivity index is 1.65. The second-order valence-corrected chi connectivity index (χ2v) is 10.1. The minimum atomic E-state index is 0.178. The number of Topliss-reactive ketones (excluding diaryl/α,β-unsaturated/α-hetero) is 1. The molecule has 3 aromatic carbocycles. The zero-order valence-corrected chi connectivity index (χ0v) is 20.8. The molecule has 2 nitrogen and oxygen atoms in total. The van der Waals surface area contributed by atoms with Crippen molar-refractivity contribution in [1.29, 1.82) is 0 Å². The number of carbonyl (C=O) groups is 1. The van der Waals surface area contributed by atoms with Crippen LogP contribution in [0.5, 0.6) is 0 Å². The maximum atomic E-state index is 13.5. The average molecular weight is 451 g/mol. The topological polar surface area (TPSA) is 21.5 Å². The molecule has 34 heavy (non-hydrogen) atoms. The van der Waals surface area contributed by atoms with Gasteiger partial charge in [-0.25, -0.2) is 0 Å². The third-order valence-corrected chi connectivity index (χ3v) is 6.65. The van der Waals surface area contributed by atoms with Crippen LogP contribution in [0.1, 0.15) is 67.3 Å². The summed E-state index contributed by atoms with van der Waals surface area (Å²) in [4.78, 5) is 14.9. The lowest BCUT2D eigenvalue weighted by Gasteiger charge is -2.27. The number of rotatable bonds is 6. The van der Waals surface area contributed by atoms with Gasteiger partial charge in [0.05, 0.1) is 11.1 Å². The highest BCUT2D eigenvalue weighted by molar-refractivity contribution is 6.14. The van der Waals surface area contributed by atoms with Gasteiger partial charge in [-0.15, -0.1) is 0 Å². The van der Waals surface area contributed by atoms with E-state index in [0.717, 1.165) is 41.9 Å². The minimum absolute atomic E-state index is 0.178. The monoisotopic (exact) mass is 450 g/mol. The fourth-order valence-corrected chi connectivity index (χ4v) is 4.57. The van der Waals surface area contributed by atoms with Crippen LogP contribution in [0.4, 0.5) is 0 Å². The second-order valence-electron chi connectivity index (χ2n) is 10.1. The lowest BCUT2D eigenvalue weighted by Crippen LogP contribution is -3.12. The van der Waals surface area contributed by atoms with Gasteiger partial charge >= 0.3 is 0 Å². The molecule has 0 amide bonds. The van der Waals surface area contributed by atoms with Gasteiger partial charge < -0.3 is 4.90 Å². The number of piperidine rings is 1. The van der Waals surface area contributed by atoms with Crippen LogP contribution < -0.4 is 4.90 Å². The number of quaternary nitrogens is 1. The number of benzene rings is 3. The summed E-state index contributed by atoms with van der Waals surface area (Å²) in [6.45, 7) is 11.2. The zero-order chi connectivity index (χ0) is 24.1. The molecule has 1 N–H and O–H groups in total. The zero-order valence-electron chi connectivity index (χ0n) is 20.8. The fourth-order valence-electron chi connectivity index (χ4n) is 4.57. The van der Waals surface area contributed by atoms with Crippen LogP contribution in [0.3, 0.4) is 0 Å². The van der Waals surface area contributed by atoms with Crippen molar-refractivity contribution in [3.8, 4) is 0 Å². The van der Waals surface area contributed by atoms with Crippen molar-refractivity contribution in [2.24, 2.45) is 0 Å². The third kappa shape index (κ3) is 6.01. The van der Waals surface area contributed by atoms with E-state index in [9.17, 15) is 4.79 Å². The maximum Gasteiger partial charge on any atom is 0.196 e. The highest BCUT2D eigenvalue weighted by Gasteiger charge is 2.29. The first-order valence-corrected chi connectivity index (χ1v) is 12.4.